The molecule has 1 N–H and O–H groups in total. The van der Waals surface area contributed by atoms with Crippen LogP contribution in [-0.4, -0.2) is 56.3 Å². The zero-order valence-corrected chi connectivity index (χ0v) is 22.4. The second-order valence-corrected chi connectivity index (χ2v) is 11.2. The Bertz CT molecular complexity index is 1120. The fraction of sp³-hybridized carbons (Fsp3) is 0.452. The van der Waals surface area contributed by atoms with Crippen molar-refractivity contribution >= 4 is 24.9 Å². The number of likely N-dealkylation sites (N-methyl/N-ethyl adjacent to an activating group) is 1. The summed E-state index contributed by atoms with van der Waals surface area (Å²) in [5.41, 5.74) is 6.09. The minimum atomic E-state index is 0.00208. The molecule has 2 fully saturated rings. The molecule has 0 bridgehead atoms. The first kappa shape index (κ1) is 26.1. The van der Waals surface area contributed by atoms with Gasteiger partial charge in [0.25, 0.3) is 0 Å². The monoisotopic (exact) mass is 481 g/mol. The smallest absolute Gasteiger partial charge is 0.222 e. The third kappa shape index (κ3) is 5.26. The highest BCUT2D eigenvalue weighted by Gasteiger charge is 2.48. The zero-order valence-electron chi connectivity index (χ0n) is 22.4. The fourth-order valence-electron chi connectivity index (χ4n) is 6.07. The van der Waals surface area contributed by atoms with Crippen LogP contribution in [0.2, 0.25) is 0 Å². The molecule has 2 atom stereocenters. The Kier molecular flexibility index (Phi) is 7.68. The molecule has 0 saturated carbocycles. The number of piperidine rings is 2. The molecular formula is C31H40BN3O. The van der Waals surface area contributed by atoms with Crippen LogP contribution in [-0.2, 0) is 4.79 Å². The molecule has 2 aromatic rings. The van der Waals surface area contributed by atoms with Crippen molar-refractivity contribution in [3.63, 3.8) is 0 Å². The van der Waals surface area contributed by atoms with Crippen LogP contribution < -0.4 is 10.8 Å². The highest BCUT2D eigenvalue weighted by molar-refractivity contribution is 6.34. The number of benzene rings is 2. The van der Waals surface area contributed by atoms with E-state index >= 15 is 0 Å². The van der Waals surface area contributed by atoms with Crippen molar-refractivity contribution in [1.82, 2.24) is 15.1 Å². The number of carbonyl (C=O) groups excluding carboxylic acids is 1. The average Bonchev–Trinajstić information content (AvgIpc) is 2.86. The first-order chi connectivity index (χ1) is 17.1. The summed E-state index contributed by atoms with van der Waals surface area (Å²) >= 11 is 0. The van der Waals surface area contributed by atoms with Crippen LogP contribution in [0.3, 0.4) is 0 Å². The van der Waals surface area contributed by atoms with Gasteiger partial charge in [0.1, 0.15) is 7.85 Å². The molecular weight excluding hydrogens is 441 g/mol. The third-order valence-electron chi connectivity index (χ3n) is 8.38. The molecule has 1 spiro atoms. The van der Waals surface area contributed by atoms with Gasteiger partial charge in [-0.2, -0.15) is 0 Å². The van der Waals surface area contributed by atoms with Crippen LogP contribution >= 0.6 is 0 Å². The Morgan fingerprint density at radius 2 is 1.78 bits per heavy atom. The Morgan fingerprint density at radius 1 is 1.11 bits per heavy atom. The summed E-state index contributed by atoms with van der Waals surface area (Å²) in [7, 11) is 8.20. The summed E-state index contributed by atoms with van der Waals surface area (Å²) in [5.74, 6) is 0.960. The van der Waals surface area contributed by atoms with Crippen molar-refractivity contribution in [2.24, 2.45) is 11.3 Å². The van der Waals surface area contributed by atoms with Gasteiger partial charge in [-0.05, 0) is 42.2 Å². The third-order valence-corrected chi connectivity index (χ3v) is 8.38. The van der Waals surface area contributed by atoms with E-state index in [1.165, 1.54) is 5.56 Å². The first-order valence-corrected chi connectivity index (χ1v) is 13.2. The maximum atomic E-state index is 12.8. The van der Waals surface area contributed by atoms with Gasteiger partial charge < -0.3 is 15.1 Å². The molecule has 2 aliphatic heterocycles. The normalized spacial score (nSPS) is 20.5. The van der Waals surface area contributed by atoms with Crippen molar-refractivity contribution in [2.75, 3.05) is 26.7 Å². The number of amides is 1. The number of hydrogen-bond donors (Lipinski definition) is 1. The highest BCUT2D eigenvalue weighted by Crippen LogP contribution is 2.50. The minimum Gasteiger partial charge on any atom is -0.377 e. The summed E-state index contributed by atoms with van der Waals surface area (Å²) in [6.45, 7) is 17.9. The average molecular weight is 481 g/mol. The number of rotatable bonds is 7. The number of carbonyl (C=O) groups is 1. The highest BCUT2D eigenvalue weighted by atomic mass is 16.2. The molecule has 1 amide bonds. The van der Waals surface area contributed by atoms with E-state index in [9.17, 15) is 4.79 Å². The minimum absolute atomic E-state index is 0.00208. The first-order valence-electron chi connectivity index (χ1n) is 13.2. The number of likely N-dealkylation sites (tertiary alicyclic amines) is 2. The maximum absolute atomic E-state index is 12.8. The molecule has 4 nitrogen and oxygen atoms in total. The van der Waals surface area contributed by atoms with E-state index < -0.39 is 0 Å². The second kappa shape index (κ2) is 10.6. The van der Waals surface area contributed by atoms with E-state index in [2.05, 4.69) is 80.5 Å². The Labute approximate surface area is 218 Å². The molecule has 2 heterocycles. The molecule has 2 saturated heterocycles. The van der Waals surface area contributed by atoms with Crippen molar-refractivity contribution in [2.45, 2.75) is 52.0 Å². The van der Waals surface area contributed by atoms with Gasteiger partial charge in [0.15, 0.2) is 0 Å². The Hall–Kier alpha value is -2.95. The lowest BCUT2D eigenvalue weighted by atomic mass is 9.62. The van der Waals surface area contributed by atoms with Gasteiger partial charge in [-0.1, -0.05) is 86.6 Å². The van der Waals surface area contributed by atoms with Crippen LogP contribution in [0.25, 0.3) is 5.70 Å². The zero-order chi connectivity index (χ0) is 26.0. The Balaban J connectivity index is 1.49. The molecule has 4 rings (SSSR count). The lowest BCUT2D eigenvalue weighted by Gasteiger charge is -2.52. The van der Waals surface area contributed by atoms with Gasteiger partial charge in [0, 0.05) is 50.4 Å². The van der Waals surface area contributed by atoms with Gasteiger partial charge in [-0.3, -0.25) is 4.79 Å². The van der Waals surface area contributed by atoms with Gasteiger partial charge in [-0.15, -0.1) is 0 Å². The molecule has 188 valence electrons. The topological polar surface area (TPSA) is 35.6 Å². The predicted octanol–water partition coefficient (Wildman–Crippen LogP) is 4.62. The second-order valence-electron chi connectivity index (χ2n) is 11.2. The standard InChI is InChI=1S/C31H40BN3O/c1-21(2)30(33-23(4)26-18-22(3)12-13-28(26)32)24(5)35-16-14-31(15-17-35)19-29(36)34(6)20-27(31)25-10-8-7-9-11-25/h7-13,18,21,27,30,33H,4-5,14-17,19-20H2,1-3,6H3. The number of nitrogens with one attached hydrogen (secondary N) is 1. The molecule has 2 unspecified atom stereocenters. The van der Waals surface area contributed by atoms with E-state index in [4.69, 9.17) is 7.85 Å². The number of nitrogens with zero attached hydrogens (tertiary/aromatic N) is 2. The lowest BCUT2D eigenvalue weighted by molar-refractivity contribution is -0.139. The summed E-state index contributed by atoms with van der Waals surface area (Å²) in [5, 5.41) is 3.64. The summed E-state index contributed by atoms with van der Waals surface area (Å²) in [4.78, 5) is 17.2. The molecule has 2 radical (unpaired) electrons. The van der Waals surface area contributed by atoms with Crippen molar-refractivity contribution in [3.8, 4) is 0 Å². The van der Waals surface area contributed by atoms with Gasteiger partial charge >= 0.3 is 0 Å². The van der Waals surface area contributed by atoms with E-state index in [1.54, 1.807) is 0 Å². The molecule has 0 aliphatic carbocycles. The van der Waals surface area contributed by atoms with E-state index in [0.717, 1.165) is 60.5 Å². The number of aryl methyl sites for hydroxylation is 1. The van der Waals surface area contributed by atoms with Gasteiger partial charge in [0.05, 0.1) is 6.04 Å². The SMILES string of the molecule is [B]c1ccc(C)cc1C(=C)NC(C(=C)N1CCC2(CC1)CC(=O)N(C)CC2c1ccccc1)C(C)C. The van der Waals surface area contributed by atoms with Crippen molar-refractivity contribution in [3.05, 3.63) is 84.1 Å². The lowest BCUT2D eigenvalue weighted by Crippen LogP contribution is -2.53. The van der Waals surface area contributed by atoms with Crippen molar-refractivity contribution in [1.29, 1.82) is 0 Å². The van der Waals surface area contributed by atoms with Crippen LogP contribution in [0.4, 0.5) is 0 Å². The van der Waals surface area contributed by atoms with E-state index in [1.807, 2.05) is 24.1 Å². The van der Waals surface area contributed by atoms with Gasteiger partial charge in [-0.25, -0.2) is 0 Å². The fourth-order valence-corrected chi connectivity index (χ4v) is 6.07. The van der Waals surface area contributed by atoms with Crippen LogP contribution in [0, 0.1) is 18.3 Å². The summed E-state index contributed by atoms with van der Waals surface area (Å²) in [6.07, 6.45) is 2.60. The molecule has 2 aromatic carbocycles. The van der Waals surface area contributed by atoms with Crippen LogP contribution in [0.1, 0.15) is 55.7 Å². The Morgan fingerprint density at radius 3 is 2.42 bits per heavy atom. The molecule has 2 aliphatic rings. The maximum Gasteiger partial charge on any atom is 0.222 e. The van der Waals surface area contributed by atoms with Gasteiger partial charge in [0.2, 0.25) is 5.91 Å². The van der Waals surface area contributed by atoms with E-state index in [0.29, 0.717) is 18.3 Å². The van der Waals surface area contributed by atoms with Crippen LogP contribution in [0.5, 0.6) is 0 Å². The van der Waals surface area contributed by atoms with E-state index in [-0.39, 0.29) is 17.4 Å². The predicted molar refractivity (Wildman–Crippen MR) is 151 cm³/mol. The summed E-state index contributed by atoms with van der Waals surface area (Å²) < 4.78 is 0. The summed E-state index contributed by atoms with van der Waals surface area (Å²) in [6, 6.07) is 16.8. The van der Waals surface area contributed by atoms with Crippen LogP contribution in [0.15, 0.2) is 67.4 Å². The largest absolute Gasteiger partial charge is 0.377 e. The molecule has 5 heteroatoms. The molecule has 0 aromatic heterocycles. The number of hydrogen-bond acceptors (Lipinski definition) is 3. The quantitative estimate of drug-likeness (QED) is 0.587. The molecule has 36 heavy (non-hydrogen) atoms. The van der Waals surface area contributed by atoms with Crippen molar-refractivity contribution < 1.29 is 4.79 Å².